The molecule has 0 amide bonds. The minimum atomic E-state index is 1.19. The van der Waals surface area contributed by atoms with Gasteiger partial charge in [-0.25, -0.2) is 0 Å². The smallest absolute Gasteiger partial charge is 0.219 e. The maximum atomic E-state index is 2.28. The average Bonchev–Trinajstić information content (AvgIpc) is 3.40. The summed E-state index contributed by atoms with van der Waals surface area (Å²) in [7, 11) is 0. The van der Waals surface area contributed by atoms with Crippen molar-refractivity contribution in [3.8, 4) is 11.1 Å². The number of fused-ring (bicyclic) bond motifs is 2. The average molecular weight is 478 g/mol. The van der Waals surface area contributed by atoms with Gasteiger partial charge >= 0.3 is 0 Å². The van der Waals surface area contributed by atoms with Gasteiger partial charge in [-0.05, 0) is 54.8 Å². The standard InChI is InChI=1S/C35H29N2/c1-26-30-20-12-14-24-36(30)32(34(26)28-16-6-3-7-17-28)22-10-5-11-23-33-35(29-18-8-4-9-19-29)27(2)31-21-13-15-25-37(31)33/h3-25H,1-2H3/q+1. The summed E-state index contributed by atoms with van der Waals surface area (Å²) >= 11 is 0. The van der Waals surface area contributed by atoms with Gasteiger partial charge in [-0.2, -0.15) is 4.57 Å². The lowest BCUT2D eigenvalue weighted by Crippen LogP contribution is -2.32. The van der Waals surface area contributed by atoms with E-state index in [0.29, 0.717) is 0 Å². The van der Waals surface area contributed by atoms with Gasteiger partial charge in [0.25, 0.3) is 0 Å². The fourth-order valence-corrected chi connectivity index (χ4v) is 5.42. The van der Waals surface area contributed by atoms with Crippen LogP contribution < -0.4 is 4.57 Å². The van der Waals surface area contributed by atoms with Crippen LogP contribution in [0.3, 0.4) is 0 Å². The van der Waals surface area contributed by atoms with E-state index in [1.54, 1.807) is 0 Å². The maximum absolute atomic E-state index is 2.28. The van der Waals surface area contributed by atoms with Crippen molar-refractivity contribution in [2.75, 3.05) is 0 Å². The Bertz CT molecular complexity index is 1710. The third-order valence-corrected chi connectivity index (χ3v) is 7.12. The molecule has 0 fully saturated rings. The van der Waals surface area contributed by atoms with Crippen LogP contribution in [0, 0.1) is 6.92 Å². The predicted octanol–water partition coefficient (Wildman–Crippen LogP) is 8.26. The van der Waals surface area contributed by atoms with Crippen molar-refractivity contribution in [1.82, 2.24) is 4.40 Å². The molecule has 0 N–H and O–H groups in total. The summed E-state index contributed by atoms with van der Waals surface area (Å²) in [6.07, 6.45) is 15.1. The van der Waals surface area contributed by atoms with Crippen LogP contribution in [0.25, 0.3) is 39.6 Å². The fraction of sp³-hybridized carbons (Fsp3) is 0.0571. The molecule has 1 aliphatic heterocycles. The van der Waals surface area contributed by atoms with E-state index in [1.165, 1.54) is 56.0 Å². The highest BCUT2D eigenvalue weighted by molar-refractivity contribution is 6.09. The topological polar surface area (TPSA) is 8.29 Å². The minimum Gasteiger partial charge on any atom is -0.316 e. The van der Waals surface area contributed by atoms with E-state index in [-0.39, 0.29) is 0 Å². The predicted molar refractivity (Wildman–Crippen MR) is 156 cm³/mol. The van der Waals surface area contributed by atoms with Gasteiger partial charge in [0.05, 0.1) is 11.3 Å². The minimum absolute atomic E-state index is 1.19. The number of pyridine rings is 2. The Balaban J connectivity index is 1.38. The zero-order valence-corrected chi connectivity index (χ0v) is 21.2. The number of aromatic nitrogens is 2. The number of hydrogen-bond acceptors (Lipinski definition) is 0. The molecule has 2 aromatic carbocycles. The SMILES string of the molecule is CC1=C(c2ccccc2)C(=CC=CC=Cc2c(-c3ccccc3)c(C)c3ccccn23)[n+]2ccccc21. The molecule has 0 atom stereocenters. The van der Waals surface area contributed by atoms with E-state index < -0.39 is 0 Å². The highest BCUT2D eigenvalue weighted by atomic mass is 15.0. The Morgan fingerprint density at radius 3 is 2.16 bits per heavy atom. The van der Waals surface area contributed by atoms with E-state index in [4.69, 9.17) is 0 Å². The van der Waals surface area contributed by atoms with Gasteiger partial charge in [-0.3, -0.25) is 0 Å². The Kier molecular flexibility index (Phi) is 6.00. The van der Waals surface area contributed by atoms with Gasteiger partial charge in [0.2, 0.25) is 11.4 Å². The molecule has 1 aliphatic rings. The van der Waals surface area contributed by atoms with E-state index in [1.807, 2.05) is 0 Å². The molecule has 2 nitrogen and oxygen atoms in total. The lowest BCUT2D eigenvalue weighted by molar-refractivity contribution is -0.577. The largest absolute Gasteiger partial charge is 0.316 e. The summed E-state index contributed by atoms with van der Waals surface area (Å²) in [6.45, 7) is 4.42. The van der Waals surface area contributed by atoms with Crippen molar-refractivity contribution >= 4 is 28.4 Å². The van der Waals surface area contributed by atoms with Gasteiger partial charge in [-0.1, -0.05) is 85.0 Å². The van der Waals surface area contributed by atoms with Crippen LogP contribution in [0.15, 0.2) is 134 Å². The van der Waals surface area contributed by atoms with Gasteiger partial charge in [-0.15, -0.1) is 0 Å². The van der Waals surface area contributed by atoms with Crippen molar-refractivity contribution < 1.29 is 4.57 Å². The summed E-state index contributed by atoms with van der Waals surface area (Å²) in [4.78, 5) is 0. The number of allylic oxidation sites excluding steroid dienone is 7. The van der Waals surface area contributed by atoms with Crippen molar-refractivity contribution in [2.45, 2.75) is 13.8 Å². The van der Waals surface area contributed by atoms with Crippen LogP contribution in [-0.2, 0) is 0 Å². The maximum Gasteiger partial charge on any atom is 0.219 e. The Morgan fingerprint density at radius 1 is 0.676 bits per heavy atom. The Labute approximate surface area is 218 Å². The second-order valence-electron chi connectivity index (χ2n) is 9.32. The molecule has 6 rings (SSSR count). The van der Waals surface area contributed by atoms with Crippen LogP contribution in [0.5, 0.6) is 0 Å². The summed E-state index contributed by atoms with van der Waals surface area (Å²) in [6, 6.07) is 34.1. The Morgan fingerprint density at radius 2 is 1.38 bits per heavy atom. The first-order valence-corrected chi connectivity index (χ1v) is 12.7. The lowest BCUT2D eigenvalue weighted by atomic mass is 9.99. The first kappa shape index (κ1) is 22.8. The van der Waals surface area contributed by atoms with Gasteiger partial charge in [0.15, 0.2) is 6.20 Å². The van der Waals surface area contributed by atoms with Crippen molar-refractivity contribution in [3.63, 3.8) is 0 Å². The summed E-state index contributed by atoms with van der Waals surface area (Å²) in [5.41, 5.74) is 12.5. The third kappa shape index (κ3) is 4.07. The molecule has 0 unspecified atom stereocenters. The highest BCUT2D eigenvalue weighted by Gasteiger charge is 2.32. The monoisotopic (exact) mass is 477 g/mol. The zero-order valence-electron chi connectivity index (χ0n) is 21.2. The van der Waals surface area contributed by atoms with Crippen LogP contribution in [-0.4, -0.2) is 4.40 Å². The molecule has 0 saturated carbocycles. The molecule has 3 aromatic heterocycles. The molecule has 0 aliphatic carbocycles. The summed E-state index contributed by atoms with van der Waals surface area (Å²) in [5.74, 6) is 0. The molecular weight excluding hydrogens is 448 g/mol. The summed E-state index contributed by atoms with van der Waals surface area (Å²) < 4.78 is 4.56. The highest BCUT2D eigenvalue weighted by Crippen LogP contribution is 2.36. The molecule has 0 saturated heterocycles. The van der Waals surface area contributed by atoms with E-state index >= 15 is 0 Å². The number of rotatable bonds is 5. The quantitative estimate of drug-likeness (QED) is 0.178. The first-order chi connectivity index (χ1) is 18.2. The normalized spacial score (nSPS) is 14.5. The molecule has 5 aromatic rings. The second-order valence-corrected chi connectivity index (χ2v) is 9.32. The third-order valence-electron chi connectivity index (χ3n) is 7.12. The van der Waals surface area contributed by atoms with E-state index in [0.717, 1.165) is 0 Å². The fourth-order valence-electron chi connectivity index (χ4n) is 5.42. The van der Waals surface area contributed by atoms with E-state index in [9.17, 15) is 0 Å². The van der Waals surface area contributed by atoms with Crippen molar-refractivity contribution in [2.24, 2.45) is 0 Å². The molecule has 2 heteroatoms. The van der Waals surface area contributed by atoms with E-state index in [2.05, 4.69) is 163 Å². The molecular formula is C35H29N2+. The first-order valence-electron chi connectivity index (χ1n) is 12.7. The number of nitrogens with zero attached hydrogens (tertiary/aromatic N) is 2. The van der Waals surface area contributed by atoms with Crippen LogP contribution in [0.2, 0.25) is 0 Å². The van der Waals surface area contributed by atoms with Gasteiger partial charge in [0.1, 0.15) is 0 Å². The van der Waals surface area contributed by atoms with Gasteiger partial charge < -0.3 is 4.40 Å². The van der Waals surface area contributed by atoms with Gasteiger partial charge in [0, 0.05) is 41.1 Å². The molecule has 178 valence electrons. The number of hydrogen-bond donors (Lipinski definition) is 0. The van der Waals surface area contributed by atoms with Crippen molar-refractivity contribution in [3.05, 3.63) is 156 Å². The molecule has 0 bridgehead atoms. The molecule has 0 spiro atoms. The number of benzene rings is 2. The summed E-state index contributed by atoms with van der Waals surface area (Å²) in [5, 5.41) is 0. The van der Waals surface area contributed by atoms with Crippen LogP contribution in [0.1, 0.15) is 29.4 Å². The second kappa shape index (κ2) is 9.75. The zero-order chi connectivity index (χ0) is 25.2. The lowest BCUT2D eigenvalue weighted by Gasteiger charge is -2.03. The van der Waals surface area contributed by atoms with Crippen LogP contribution in [0.4, 0.5) is 0 Å². The molecule has 37 heavy (non-hydrogen) atoms. The van der Waals surface area contributed by atoms with Crippen LogP contribution >= 0.6 is 0 Å². The van der Waals surface area contributed by atoms with Crippen molar-refractivity contribution in [1.29, 1.82) is 0 Å². The molecule has 0 radical (unpaired) electrons. The number of aryl methyl sites for hydroxylation is 1. The Hall–Kier alpha value is -4.69. The molecule has 4 heterocycles.